The predicted molar refractivity (Wildman–Crippen MR) is 49.3 cm³/mol. The minimum Gasteiger partial charge on any atom is -0.309 e. The number of carbonyl (C=O) groups is 1. The van der Waals surface area contributed by atoms with Crippen LogP contribution in [0.1, 0.15) is 6.92 Å². The molecule has 0 radical (unpaired) electrons. The van der Waals surface area contributed by atoms with Crippen molar-refractivity contribution in [3.8, 4) is 0 Å². The SMILES string of the molecule is CCNCC(=O)Nc1nccs1. The standard InChI is InChI=1S/C7H11N3OS/c1-2-8-5-6(11)10-7-9-3-4-12-7/h3-4,8H,2,5H2,1H3,(H,9,10,11). The number of hydrogen-bond acceptors (Lipinski definition) is 4. The first-order chi connectivity index (χ1) is 5.83. The second-order valence-electron chi connectivity index (χ2n) is 2.17. The molecule has 0 atom stereocenters. The van der Waals surface area contributed by atoms with Crippen molar-refractivity contribution >= 4 is 22.4 Å². The predicted octanol–water partition coefficient (Wildman–Crippen LogP) is 0.691. The van der Waals surface area contributed by atoms with Crippen LogP contribution < -0.4 is 10.6 Å². The molecule has 1 amide bonds. The molecule has 66 valence electrons. The van der Waals surface area contributed by atoms with Crippen LogP contribution in [0, 0.1) is 0 Å². The molecule has 0 aliphatic rings. The van der Waals surface area contributed by atoms with Crippen molar-refractivity contribution in [2.75, 3.05) is 18.4 Å². The van der Waals surface area contributed by atoms with Crippen molar-refractivity contribution in [1.82, 2.24) is 10.3 Å². The summed E-state index contributed by atoms with van der Waals surface area (Å²) in [5, 5.41) is 8.06. The summed E-state index contributed by atoms with van der Waals surface area (Å²) in [6, 6.07) is 0. The molecule has 0 spiro atoms. The van der Waals surface area contributed by atoms with Crippen molar-refractivity contribution in [1.29, 1.82) is 0 Å². The maximum absolute atomic E-state index is 11.1. The van der Waals surface area contributed by atoms with Crippen LogP contribution >= 0.6 is 11.3 Å². The Balaban J connectivity index is 2.27. The molecule has 1 rings (SSSR count). The van der Waals surface area contributed by atoms with Crippen molar-refractivity contribution < 1.29 is 4.79 Å². The van der Waals surface area contributed by atoms with E-state index in [0.717, 1.165) is 6.54 Å². The number of nitrogens with one attached hydrogen (secondary N) is 2. The number of rotatable bonds is 4. The van der Waals surface area contributed by atoms with Crippen molar-refractivity contribution in [2.45, 2.75) is 6.92 Å². The molecular formula is C7H11N3OS. The lowest BCUT2D eigenvalue weighted by atomic mass is 10.5. The van der Waals surface area contributed by atoms with Crippen LogP contribution in [-0.2, 0) is 4.79 Å². The van der Waals surface area contributed by atoms with E-state index in [1.807, 2.05) is 12.3 Å². The average molecular weight is 185 g/mol. The minimum atomic E-state index is -0.0493. The molecule has 5 heteroatoms. The van der Waals surface area contributed by atoms with Gasteiger partial charge in [-0.25, -0.2) is 4.98 Å². The van der Waals surface area contributed by atoms with Crippen LogP contribution in [0.4, 0.5) is 5.13 Å². The van der Waals surface area contributed by atoms with Crippen LogP contribution in [0.5, 0.6) is 0 Å². The van der Waals surface area contributed by atoms with E-state index in [0.29, 0.717) is 11.7 Å². The van der Waals surface area contributed by atoms with Gasteiger partial charge >= 0.3 is 0 Å². The van der Waals surface area contributed by atoms with Crippen LogP contribution in [-0.4, -0.2) is 24.0 Å². The summed E-state index contributed by atoms with van der Waals surface area (Å²) in [7, 11) is 0. The van der Waals surface area contributed by atoms with Gasteiger partial charge in [0, 0.05) is 11.6 Å². The van der Waals surface area contributed by atoms with Crippen molar-refractivity contribution in [3.05, 3.63) is 11.6 Å². The van der Waals surface area contributed by atoms with Gasteiger partial charge < -0.3 is 10.6 Å². The molecule has 0 bridgehead atoms. The van der Waals surface area contributed by atoms with Gasteiger partial charge in [0.05, 0.1) is 6.54 Å². The zero-order valence-corrected chi connectivity index (χ0v) is 7.65. The molecule has 2 N–H and O–H groups in total. The molecule has 0 unspecified atom stereocenters. The zero-order chi connectivity index (χ0) is 8.81. The topological polar surface area (TPSA) is 54.0 Å². The highest BCUT2D eigenvalue weighted by Gasteiger charge is 2.01. The van der Waals surface area contributed by atoms with Gasteiger partial charge in [-0.1, -0.05) is 6.92 Å². The van der Waals surface area contributed by atoms with E-state index in [2.05, 4.69) is 15.6 Å². The van der Waals surface area contributed by atoms with E-state index in [1.165, 1.54) is 11.3 Å². The van der Waals surface area contributed by atoms with Crippen molar-refractivity contribution in [2.24, 2.45) is 0 Å². The number of hydrogen-bond donors (Lipinski definition) is 2. The Morgan fingerprint density at radius 2 is 2.58 bits per heavy atom. The van der Waals surface area contributed by atoms with Gasteiger partial charge in [-0.15, -0.1) is 11.3 Å². The molecule has 1 aromatic rings. The molecule has 0 fully saturated rings. The molecule has 0 aliphatic heterocycles. The molecule has 0 aliphatic carbocycles. The minimum absolute atomic E-state index is 0.0493. The molecule has 0 aromatic carbocycles. The lowest BCUT2D eigenvalue weighted by molar-refractivity contribution is -0.115. The van der Waals surface area contributed by atoms with Crippen LogP contribution in [0.25, 0.3) is 0 Å². The summed E-state index contributed by atoms with van der Waals surface area (Å²) in [4.78, 5) is 15.0. The summed E-state index contributed by atoms with van der Waals surface area (Å²) >= 11 is 1.41. The summed E-state index contributed by atoms with van der Waals surface area (Å²) in [6.45, 7) is 3.10. The van der Waals surface area contributed by atoms with Crippen LogP contribution in [0.15, 0.2) is 11.6 Å². The fourth-order valence-electron chi connectivity index (χ4n) is 0.687. The maximum atomic E-state index is 11.1. The fraction of sp³-hybridized carbons (Fsp3) is 0.429. The monoisotopic (exact) mass is 185 g/mol. The maximum Gasteiger partial charge on any atom is 0.240 e. The first kappa shape index (κ1) is 9.15. The Kier molecular flexibility index (Phi) is 3.69. The summed E-state index contributed by atoms with van der Waals surface area (Å²) in [5.74, 6) is -0.0493. The average Bonchev–Trinajstić information content (AvgIpc) is 2.53. The van der Waals surface area contributed by atoms with Crippen LogP contribution in [0.3, 0.4) is 0 Å². The zero-order valence-electron chi connectivity index (χ0n) is 6.83. The second-order valence-corrected chi connectivity index (χ2v) is 3.06. The molecule has 12 heavy (non-hydrogen) atoms. The van der Waals surface area contributed by atoms with Gasteiger partial charge in [0.25, 0.3) is 0 Å². The van der Waals surface area contributed by atoms with Gasteiger partial charge in [-0.3, -0.25) is 4.79 Å². The third-order valence-electron chi connectivity index (χ3n) is 1.21. The Morgan fingerprint density at radius 3 is 3.17 bits per heavy atom. The Morgan fingerprint density at radius 1 is 1.75 bits per heavy atom. The summed E-state index contributed by atoms with van der Waals surface area (Å²) in [5.41, 5.74) is 0. The van der Waals surface area contributed by atoms with E-state index in [1.54, 1.807) is 6.20 Å². The number of aromatic nitrogens is 1. The molecule has 1 aromatic heterocycles. The first-order valence-electron chi connectivity index (χ1n) is 3.73. The number of thiazole rings is 1. The van der Waals surface area contributed by atoms with E-state index in [9.17, 15) is 4.79 Å². The smallest absolute Gasteiger partial charge is 0.240 e. The van der Waals surface area contributed by atoms with E-state index in [-0.39, 0.29) is 5.91 Å². The quantitative estimate of drug-likeness (QED) is 0.725. The number of anilines is 1. The van der Waals surface area contributed by atoms with Gasteiger partial charge in [0.2, 0.25) is 5.91 Å². The fourth-order valence-corrected chi connectivity index (χ4v) is 1.23. The molecule has 0 saturated carbocycles. The highest BCUT2D eigenvalue weighted by atomic mass is 32.1. The highest BCUT2D eigenvalue weighted by molar-refractivity contribution is 7.13. The summed E-state index contributed by atoms with van der Waals surface area (Å²) in [6.07, 6.45) is 1.66. The van der Waals surface area contributed by atoms with Gasteiger partial charge in [-0.05, 0) is 6.54 Å². The van der Waals surface area contributed by atoms with E-state index < -0.39 is 0 Å². The lowest BCUT2D eigenvalue weighted by Crippen LogP contribution is -2.27. The molecular weight excluding hydrogens is 174 g/mol. The second kappa shape index (κ2) is 4.84. The van der Waals surface area contributed by atoms with Crippen LogP contribution in [0.2, 0.25) is 0 Å². The summed E-state index contributed by atoms with van der Waals surface area (Å²) < 4.78 is 0. The van der Waals surface area contributed by atoms with E-state index >= 15 is 0 Å². The molecule has 1 heterocycles. The van der Waals surface area contributed by atoms with Gasteiger partial charge in [0.15, 0.2) is 5.13 Å². The number of likely N-dealkylation sites (N-methyl/N-ethyl adjacent to an activating group) is 1. The normalized spacial score (nSPS) is 9.75. The van der Waals surface area contributed by atoms with Gasteiger partial charge in [-0.2, -0.15) is 0 Å². The largest absolute Gasteiger partial charge is 0.309 e. The Bertz CT molecular complexity index is 235. The third kappa shape index (κ3) is 2.98. The Labute approximate surface area is 75.0 Å². The number of carbonyl (C=O) groups excluding carboxylic acids is 1. The van der Waals surface area contributed by atoms with Crippen molar-refractivity contribution in [3.63, 3.8) is 0 Å². The van der Waals surface area contributed by atoms with E-state index in [4.69, 9.17) is 0 Å². The third-order valence-corrected chi connectivity index (χ3v) is 1.90. The Hall–Kier alpha value is -0.940. The first-order valence-corrected chi connectivity index (χ1v) is 4.61. The number of nitrogens with zero attached hydrogens (tertiary/aromatic N) is 1. The lowest BCUT2D eigenvalue weighted by Gasteiger charge is -2.00. The highest BCUT2D eigenvalue weighted by Crippen LogP contribution is 2.09. The number of amides is 1. The molecule has 4 nitrogen and oxygen atoms in total. The van der Waals surface area contributed by atoms with Gasteiger partial charge in [0.1, 0.15) is 0 Å². The molecule has 0 saturated heterocycles.